The maximum Gasteiger partial charge on any atom is 0.236 e. The van der Waals surface area contributed by atoms with Gasteiger partial charge in [0.05, 0.1) is 28.4 Å². The van der Waals surface area contributed by atoms with E-state index in [0.29, 0.717) is 23.0 Å². The first-order valence-electron chi connectivity index (χ1n) is 8.05. The van der Waals surface area contributed by atoms with Crippen LogP contribution in [0.5, 0.6) is 0 Å². The lowest BCUT2D eigenvalue weighted by Crippen LogP contribution is -2.17. The lowest BCUT2D eigenvalue weighted by Gasteiger charge is -2.11. The monoisotopic (exact) mass is 443 g/mol. The number of nitrogens with zero attached hydrogens (tertiary/aromatic N) is 4. The zero-order valence-electron chi connectivity index (χ0n) is 14.2. The molecule has 27 heavy (non-hydrogen) atoms. The Morgan fingerprint density at radius 2 is 2.26 bits per heavy atom. The van der Waals surface area contributed by atoms with Crippen LogP contribution in [-0.2, 0) is 11.2 Å². The summed E-state index contributed by atoms with van der Waals surface area (Å²) in [6, 6.07) is 9.42. The number of oxazole rings is 1. The van der Waals surface area contributed by atoms with Crippen LogP contribution in [0.25, 0.3) is 16.5 Å². The third-order valence-corrected chi connectivity index (χ3v) is 5.20. The summed E-state index contributed by atoms with van der Waals surface area (Å²) < 4.78 is 8.14. The molecule has 0 unspecified atom stereocenters. The van der Waals surface area contributed by atoms with Gasteiger partial charge >= 0.3 is 0 Å². The highest BCUT2D eigenvalue weighted by molar-refractivity contribution is 9.10. The van der Waals surface area contributed by atoms with Crippen LogP contribution in [0.2, 0.25) is 0 Å². The van der Waals surface area contributed by atoms with Gasteiger partial charge in [-0.25, -0.2) is 14.6 Å². The molecule has 1 N–H and O–H groups in total. The van der Waals surface area contributed by atoms with Crippen molar-refractivity contribution in [2.24, 2.45) is 0 Å². The number of hydrogen-bond donors (Lipinski definition) is 1. The van der Waals surface area contributed by atoms with Gasteiger partial charge in [0, 0.05) is 4.47 Å². The molecule has 0 fully saturated rings. The zero-order valence-corrected chi connectivity index (χ0v) is 16.6. The fourth-order valence-corrected chi connectivity index (χ4v) is 3.60. The Bertz CT molecular complexity index is 1070. The first-order chi connectivity index (χ1) is 13.1. The molecule has 3 heterocycles. The molecule has 0 aliphatic carbocycles. The van der Waals surface area contributed by atoms with Crippen molar-refractivity contribution in [3.63, 3.8) is 0 Å². The first-order valence-corrected chi connectivity index (χ1v) is 9.72. The van der Waals surface area contributed by atoms with Gasteiger partial charge in [-0.15, -0.1) is 11.3 Å². The Hall–Kier alpha value is -2.78. The number of thiophene rings is 1. The molecule has 1 amide bonds. The molecule has 0 aliphatic heterocycles. The number of anilines is 1. The van der Waals surface area contributed by atoms with E-state index < -0.39 is 0 Å². The summed E-state index contributed by atoms with van der Waals surface area (Å²) in [5, 5.41) is 9.01. The molecule has 0 atom stereocenters. The van der Waals surface area contributed by atoms with Crippen LogP contribution >= 0.6 is 27.3 Å². The van der Waals surface area contributed by atoms with Gasteiger partial charge in [-0.1, -0.05) is 22.0 Å². The van der Waals surface area contributed by atoms with Crippen LogP contribution in [-0.4, -0.2) is 25.7 Å². The van der Waals surface area contributed by atoms with E-state index in [0.717, 1.165) is 15.0 Å². The standard InChI is InChI=1S/C18H14BrN5O2S/c1-11-13(23-18(26-11)16-3-2-6-27-16)8-17(25)22-14-7-12(19)4-5-15(14)24-10-20-9-21-24/h2-7,9-10H,8H2,1H3,(H,22,25). The third kappa shape index (κ3) is 3.83. The minimum absolute atomic E-state index is 0.115. The van der Waals surface area contributed by atoms with Crippen LogP contribution in [0.3, 0.4) is 0 Å². The number of halogens is 1. The first kappa shape index (κ1) is 17.6. The number of carbonyl (C=O) groups is 1. The highest BCUT2D eigenvalue weighted by Crippen LogP contribution is 2.27. The molecule has 1 aromatic carbocycles. The van der Waals surface area contributed by atoms with Crippen molar-refractivity contribution in [3.8, 4) is 16.5 Å². The topological polar surface area (TPSA) is 85.8 Å². The zero-order chi connectivity index (χ0) is 18.8. The minimum atomic E-state index is -0.191. The summed E-state index contributed by atoms with van der Waals surface area (Å²) in [7, 11) is 0. The molecule has 0 saturated heterocycles. The second-order valence-electron chi connectivity index (χ2n) is 5.73. The van der Waals surface area contributed by atoms with Crippen LogP contribution < -0.4 is 5.32 Å². The number of hydrogen-bond acceptors (Lipinski definition) is 6. The van der Waals surface area contributed by atoms with Crippen molar-refractivity contribution < 1.29 is 9.21 Å². The van der Waals surface area contributed by atoms with Crippen molar-refractivity contribution in [2.45, 2.75) is 13.3 Å². The largest absolute Gasteiger partial charge is 0.440 e. The Labute approximate surface area is 167 Å². The number of nitrogens with one attached hydrogen (secondary N) is 1. The maximum absolute atomic E-state index is 12.6. The van der Waals surface area contributed by atoms with Crippen LogP contribution in [0, 0.1) is 6.92 Å². The number of carbonyl (C=O) groups excluding carboxylic acids is 1. The molecule has 4 rings (SSSR count). The van der Waals surface area contributed by atoms with Gasteiger partial charge in [-0.3, -0.25) is 4.79 Å². The highest BCUT2D eigenvalue weighted by atomic mass is 79.9. The predicted octanol–water partition coefficient (Wildman–Crippen LogP) is 4.24. The van der Waals surface area contributed by atoms with E-state index in [4.69, 9.17) is 4.42 Å². The quantitative estimate of drug-likeness (QED) is 0.498. The lowest BCUT2D eigenvalue weighted by molar-refractivity contribution is -0.115. The van der Waals surface area contributed by atoms with E-state index >= 15 is 0 Å². The van der Waals surface area contributed by atoms with E-state index in [1.165, 1.54) is 6.33 Å². The molecule has 0 saturated carbocycles. The molecule has 0 radical (unpaired) electrons. The fraction of sp³-hybridized carbons (Fsp3) is 0.111. The number of rotatable bonds is 5. The van der Waals surface area contributed by atoms with Gasteiger partial charge in [0.25, 0.3) is 0 Å². The summed E-state index contributed by atoms with van der Waals surface area (Å²) in [5.74, 6) is 0.985. The van der Waals surface area contributed by atoms with Crippen molar-refractivity contribution in [1.29, 1.82) is 0 Å². The summed E-state index contributed by atoms with van der Waals surface area (Å²) in [6.45, 7) is 1.81. The van der Waals surface area contributed by atoms with Gasteiger partial charge in [0.15, 0.2) is 0 Å². The predicted molar refractivity (Wildman–Crippen MR) is 106 cm³/mol. The number of amides is 1. The molecule has 4 aromatic rings. The van der Waals surface area contributed by atoms with E-state index in [2.05, 4.69) is 36.3 Å². The molecule has 0 bridgehead atoms. The number of aryl methyl sites for hydroxylation is 1. The summed E-state index contributed by atoms with van der Waals surface area (Å²) in [5.41, 5.74) is 1.97. The summed E-state index contributed by atoms with van der Waals surface area (Å²) in [6.07, 6.45) is 3.14. The Kier molecular flexibility index (Phi) is 4.87. The molecular weight excluding hydrogens is 430 g/mol. The molecule has 7 nitrogen and oxygen atoms in total. The van der Waals surface area contributed by atoms with E-state index in [-0.39, 0.29) is 12.3 Å². The average Bonchev–Trinajstić information content (AvgIpc) is 3.37. The van der Waals surface area contributed by atoms with Crippen molar-refractivity contribution in [2.75, 3.05) is 5.32 Å². The fourth-order valence-electron chi connectivity index (χ4n) is 2.58. The summed E-state index contributed by atoms with van der Waals surface area (Å²) >= 11 is 4.97. The molecule has 3 aromatic heterocycles. The highest BCUT2D eigenvalue weighted by Gasteiger charge is 2.17. The van der Waals surface area contributed by atoms with Crippen LogP contribution in [0.15, 0.2) is 57.3 Å². The molecule has 9 heteroatoms. The van der Waals surface area contributed by atoms with Crippen molar-refractivity contribution >= 4 is 38.9 Å². The Balaban J connectivity index is 1.55. The maximum atomic E-state index is 12.6. The second kappa shape index (κ2) is 7.45. The molecule has 0 aliphatic rings. The van der Waals surface area contributed by atoms with Gasteiger partial charge < -0.3 is 9.73 Å². The Morgan fingerprint density at radius 3 is 3.00 bits per heavy atom. The second-order valence-corrected chi connectivity index (χ2v) is 7.59. The summed E-state index contributed by atoms with van der Waals surface area (Å²) in [4.78, 5) is 22.0. The van der Waals surface area contributed by atoms with Crippen molar-refractivity contribution in [3.05, 3.63) is 64.3 Å². The van der Waals surface area contributed by atoms with Gasteiger partial charge in [0.1, 0.15) is 18.4 Å². The number of benzene rings is 1. The van der Waals surface area contributed by atoms with E-state index in [9.17, 15) is 4.79 Å². The van der Waals surface area contributed by atoms with Gasteiger partial charge in [-0.2, -0.15) is 5.10 Å². The van der Waals surface area contributed by atoms with Gasteiger partial charge in [0.2, 0.25) is 11.8 Å². The molecular formula is C18H14BrN5O2S. The normalized spacial score (nSPS) is 10.9. The van der Waals surface area contributed by atoms with Crippen LogP contribution in [0.4, 0.5) is 5.69 Å². The van der Waals surface area contributed by atoms with Crippen molar-refractivity contribution in [1.82, 2.24) is 19.7 Å². The van der Waals surface area contributed by atoms with Crippen LogP contribution in [0.1, 0.15) is 11.5 Å². The van der Waals surface area contributed by atoms with E-state index in [1.807, 2.05) is 42.6 Å². The lowest BCUT2D eigenvalue weighted by atomic mass is 10.2. The van der Waals surface area contributed by atoms with E-state index in [1.54, 1.807) is 22.3 Å². The molecule has 0 spiro atoms. The molecule has 136 valence electrons. The Morgan fingerprint density at radius 1 is 1.37 bits per heavy atom. The van der Waals surface area contributed by atoms with Gasteiger partial charge in [-0.05, 0) is 36.6 Å². The average molecular weight is 444 g/mol. The smallest absolute Gasteiger partial charge is 0.236 e. The SMILES string of the molecule is Cc1oc(-c2cccs2)nc1CC(=O)Nc1cc(Br)ccc1-n1cncn1. The minimum Gasteiger partial charge on any atom is -0.440 e. The third-order valence-electron chi connectivity index (χ3n) is 3.85. The number of aromatic nitrogens is 4.